The highest BCUT2D eigenvalue weighted by Crippen LogP contribution is 2.25. The number of anilines is 1. The van der Waals surface area contributed by atoms with E-state index in [9.17, 15) is 9.59 Å². The van der Waals surface area contributed by atoms with Crippen molar-refractivity contribution in [2.75, 3.05) is 18.5 Å². The van der Waals surface area contributed by atoms with Gasteiger partial charge in [0.1, 0.15) is 5.75 Å². The topological polar surface area (TPSA) is 77.5 Å². The lowest BCUT2D eigenvalue weighted by atomic mass is 10.0. The largest absolute Gasteiger partial charge is 0.494 e. The number of aromatic nitrogens is 1. The molecular weight excluding hydrogens is 404 g/mol. The van der Waals surface area contributed by atoms with Crippen LogP contribution in [-0.4, -0.2) is 30.1 Å². The Hall–Kier alpha value is -4.19. The second kappa shape index (κ2) is 9.75. The van der Waals surface area contributed by atoms with E-state index in [-0.39, 0.29) is 0 Å². The van der Waals surface area contributed by atoms with Crippen LogP contribution in [0.5, 0.6) is 5.75 Å². The molecule has 4 aromatic rings. The predicted molar refractivity (Wildman–Crippen MR) is 124 cm³/mol. The van der Waals surface area contributed by atoms with Gasteiger partial charge in [0.15, 0.2) is 6.61 Å². The minimum absolute atomic E-state index is 0.364. The third-order valence-corrected chi connectivity index (χ3v) is 4.79. The molecule has 0 aliphatic heterocycles. The number of carbonyl (C=O) groups excluding carboxylic acids is 2. The van der Waals surface area contributed by atoms with Crippen molar-refractivity contribution in [2.24, 2.45) is 0 Å². The number of nitrogens with zero attached hydrogens (tertiary/aromatic N) is 1. The van der Waals surface area contributed by atoms with Crippen LogP contribution in [0.25, 0.3) is 22.2 Å². The molecule has 0 radical (unpaired) electrons. The van der Waals surface area contributed by atoms with Gasteiger partial charge >= 0.3 is 5.97 Å². The Morgan fingerprint density at radius 3 is 2.38 bits per heavy atom. The number of hydrogen-bond acceptors (Lipinski definition) is 5. The highest BCUT2D eigenvalue weighted by atomic mass is 16.5. The zero-order valence-corrected chi connectivity index (χ0v) is 17.6. The van der Waals surface area contributed by atoms with Gasteiger partial charge in [-0.25, -0.2) is 9.78 Å². The fourth-order valence-electron chi connectivity index (χ4n) is 3.31. The molecule has 0 atom stereocenters. The van der Waals surface area contributed by atoms with Gasteiger partial charge in [-0.1, -0.05) is 48.5 Å². The van der Waals surface area contributed by atoms with Crippen molar-refractivity contribution in [3.8, 4) is 17.0 Å². The van der Waals surface area contributed by atoms with E-state index in [4.69, 9.17) is 9.47 Å². The molecule has 0 fully saturated rings. The Bertz CT molecular complexity index is 1240. The molecule has 1 heterocycles. The van der Waals surface area contributed by atoms with E-state index in [1.165, 1.54) is 0 Å². The van der Waals surface area contributed by atoms with Crippen LogP contribution in [0.3, 0.4) is 0 Å². The van der Waals surface area contributed by atoms with Crippen LogP contribution in [0, 0.1) is 0 Å². The summed E-state index contributed by atoms with van der Waals surface area (Å²) in [5.41, 5.74) is 3.19. The Morgan fingerprint density at radius 2 is 1.62 bits per heavy atom. The molecule has 0 unspecified atom stereocenters. The van der Waals surface area contributed by atoms with Gasteiger partial charge < -0.3 is 14.8 Å². The summed E-state index contributed by atoms with van der Waals surface area (Å²) < 4.78 is 10.7. The molecular formula is C26H22N2O4. The second-order valence-electron chi connectivity index (χ2n) is 7.02. The number of carbonyl (C=O) groups is 2. The van der Waals surface area contributed by atoms with Crippen LogP contribution in [-0.2, 0) is 9.53 Å². The lowest BCUT2D eigenvalue weighted by molar-refractivity contribution is -0.119. The van der Waals surface area contributed by atoms with Crippen LogP contribution in [0.1, 0.15) is 17.3 Å². The molecule has 1 amide bonds. The molecule has 6 heteroatoms. The van der Waals surface area contributed by atoms with Gasteiger partial charge in [0, 0.05) is 16.6 Å². The van der Waals surface area contributed by atoms with Gasteiger partial charge in [0.05, 0.1) is 23.4 Å². The van der Waals surface area contributed by atoms with Crippen molar-refractivity contribution in [3.05, 3.63) is 90.5 Å². The average Bonchev–Trinajstić information content (AvgIpc) is 2.84. The van der Waals surface area contributed by atoms with Gasteiger partial charge in [0.25, 0.3) is 5.91 Å². The zero-order chi connectivity index (χ0) is 22.3. The predicted octanol–water partition coefficient (Wildman–Crippen LogP) is 5.10. The van der Waals surface area contributed by atoms with E-state index >= 15 is 0 Å². The molecule has 3 aromatic carbocycles. The highest BCUT2D eigenvalue weighted by molar-refractivity contribution is 6.05. The van der Waals surface area contributed by atoms with Gasteiger partial charge in [-0.05, 0) is 43.3 Å². The molecule has 1 N–H and O–H groups in total. The number of para-hydroxylation sites is 1. The molecule has 0 bridgehead atoms. The molecule has 0 aliphatic carbocycles. The lowest BCUT2D eigenvalue weighted by Gasteiger charge is -2.11. The second-order valence-corrected chi connectivity index (χ2v) is 7.02. The first kappa shape index (κ1) is 21.1. The highest BCUT2D eigenvalue weighted by Gasteiger charge is 2.16. The summed E-state index contributed by atoms with van der Waals surface area (Å²) in [4.78, 5) is 29.8. The third kappa shape index (κ3) is 4.92. The number of hydrogen-bond donors (Lipinski definition) is 1. The van der Waals surface area contributed by atoms with Crippen LogP contribution in [0.2, 0.25) is 0 Å². The maximum Gasteiger partial charge on any atom is 0.339 e. The van der Waals surface area contributed by atoms with E-state index < -0.39 is 18.5 Å². The average molecular weight is 426 g/mol. The molecule has 0 spiro atoms. The maximum absolute atomic E-state index is 12.9. The number of nitrogens with one attached hydrogen (secondary N) is 1. The third-order valence-electron chi connectivity index (χ3n) is 4.79. The maximum atomic E-state index is 12.9. The molecule has 1 aromatic heterocycles. The summed E-state index contributed by atoms with van der Waals surface area (Å²) in [6.07, 6.45) is 0. The van der Waals surface area contributed by atoms with E-state index in [0.717, 1.165) is 11.3 Å². The summed E-state index contributed by atoms with van der Waals surface area (Å²) in [7, 11) is 0. The fourth-order valence-corrected chi connectivity index (χ4v) is 3.31. The minimum Gasteiger partial charge on any atom is -0.494 e. The van der Waals surface area contributed by atoms with E-state index in [1.807, 2.05) is 61.5 Å². The number of ether oxygens (including phenoxy) is 2. The molecule has 0 aliphatic rings. The number of benzene rings is 3. The number of amides is 1. The van der Waals surface area contributed by atoms with Crippen molar-refractivity contribution in [1.82, 2.24) is 4.98 Å². The molecule has 160 valence electrons. The summed E-state index contributed by atoms with van der Waals surface area (Å²) >= 11 is 0. The normalized spacial score (nSPS) is 10.5. The van der Waals surface area contributed by atoms with E-state index in [2.05, 4.69) is 10.3 Å². The Labute approximate surface area is 185 Å². The van der Waals surface area contributed by atoms with Crippen LogP contribution < -0.4 is 10.1 Å². The van der Waals surface area contributed by atoms with Crippen LogP contribution in [0.15, 0.2) is 84.9 Å². The lowest BCUT2D eigenvalue weighted by Crippen LogP contribution is -2.21. The Balaban J connectivity index is 1.49. The smallest absolute Gasteiger partial charge is 0.339 e. The van der Waals surface area contributed by atoms with Gasteiger partial charge in [0.2, 0.25) is 0 Å². The molecule has 4 rings (SSSR count). The van der Waals surface area contributed by atoms with Crippen LogP contribution >= 0.6 is 0 Å². The van der Waals surface area contributed by atoms with Crippen molar-refractivity contribution < 1.29 is 19.1 Å². The van der Waals surface area contributed by atoms with E-state index in [1.54, 1.807) is 30.3 Å². The first-order valence-electron chi connectivity index (χ1n) is 10.3. The molecule has 0 saturated carbocycles. The quantitative estimate of drug-likeness (QED) is 0.416. The first-order valence-corrected chi connectivity index (χ1v) is 10.3. The number of fused-ring (bicyclic) bond motifs is 1. The summed E-state index contributed by atoms with van der Waals surface area (Å²) in [6, 6.07) is 25.6. The number of esters is 1. The van der Waals surface area contributed by atoms with Crippen molar-refractivity contribution in [2.45, 2.75) is 6.92 Å². The molecule has 32 heavy (non-hydrogen) atoms. The SMILES string of the molecule is CCOc1ccc(NC(=O)COC(=O)c2cc(-c3ccccc3)nc3ccccc23)cc1. The first-order chi connectivity index (χ1) is 15.6. The van der Waals surface area contributed by atoms with Gasteiger partial charge in [-0.3, -0.25) is 4.79 Å². The summed E-state index contributed by atoms with van der Waals surface area (Å²) in [5.74, 6) is -0.289. The van der Waals surface area contributed by atoms with E-state index in [0.29, 0.717) is 34.5 Å². The Kier molecular flexibility index (Phi) is 6.41. The molecule has 0 saturated heterocycles. The number of rotatable bonds is 7. The summed E-state index contributed by atoms with van der Waals surface area (Å²) in [5, 5.41) is 3.38. The number of pyridine rings is 1. The van der Waals surface area contributed by atoms with Crippen molar-refractivity contribution in [3.63, 3.8) is 0 Å². The Morgan fingerprint density at radius 1 is 0.906 bits per heavy atom. The standard InChI is InChI=1S/C26H22N2O4/c1-2-31-20-14-12-19(13-15-20)27-25(29)17-32-26(30)22-16-24(18-8-4-3-5-9-18)28-23-11-7-6-10-21(22)23/h3-16H,2,17H2,1H3,(H,27,29). The molecule has 6 nitrogen and oxygen atoms in total. The monoisotopic (exact) mass is 426 g/mol. The van der Waals surface area contributed by atoms with Crippen molar-refractivity contribution in [1.29, 1.82) is 0 Å². The van der Waals surface area contributed by atoms with Crippen LogP contribution in [0.4, 0.5) is 5.69 Å². The van der Waals surface area contributed by atoms with Crippen molar-refractivity contribution >= 4 is 28.5 Å². The fraction of sp³-hybridized carbons (Fsp3) is 0.115. The summed E-state index contributed by atoms with van der Waals surface area (Å²) in [6.45, 7) is 2.07. The van der Waals surface area contributed by atoms with Gasteiger partial charge in [-0.15, -0.1) is 0 Å². The minimum atomic E-state index is -0.581. The zero-order valence-electron chi connectivity index (χ0n) is 17.6. The van der Waals surface area contributed by atoms with Gasteiger partial charge in [-0.2, -0.15) is 0 Å².